The molecular formula is C16H22N2O. The van der Waals surface area contributed by atoms with Crippen molar-refractivity contribution in [3.05, 3.63) is 29.3 Å². The molecule has 1 fully saturated rings. The summed E-state index contributed by atoms with van der Waals surface area (Å²) in [7, 11) is 2.11. The third-order valence-electron chi connectivity index (χ3n) is 4.35. The van der Waals surface area contributed by atoms with E-state index in [0.717, 1.165) is 44.5 Å². The zero-order valence-electron chi connectivity index (χ0n) is 11.7. The summed E-state index contributed by atoms with van der Waals surface area (Å²) < 4.78 is 0. The van der Waals surface area contributed by atoms with Crippen LogP contribution in [-0.4, -0.2) is 37.5 Å². The summed E-state index contributed by atoms with van der Waals surface area (Å²) in [5, 5.41) is 0. The second-order valence-corrected chi connectivity index (χ2v) is 5.72. The van der Waals surface area contributed by atoms with Crippen molar-refractivity contribution in [3.8, 4) is 0 Å². The van der Waals surface area contributed by atoms with E-state index in [4.69, 9.17) is 0 Å². The summed E-state index contributed by atoms with van der Waals surface area (Å²) >= 11 is 0. The lowest BCUT2D eigenvalue weighted by Gasteiger charge is -2.21. The molecule has 0 saturated carbocycles. The lowest BCUT2D eigenvalue weighted by molar-refractivity contribution is 0.0761. The highest BCUT2D eigenvalue weighted by Crippen LogP contribution is 2.28. The van der Waals surface area contributed by atoms with Gasteiger partial charge in [0.1, 0.15) is 0 Å². The van der Waals surface area contributed by atoms with E-state index in [-0.39, 0.29) is 5.91 Å². The fourth-order valence-electron chi connectivity index (χ4n) is 3.16. The molecule has 1 aromatic carbocycles. The predicted molar refractivity (Wildman–Crippen MR) is 77.8 cm³/mol. The highest BCUT2D eigenvalue weighted by Gasteiger charge is 2.21. The van der Waals surface area contributed by atoms with Crippen molar-refractivity contribution in [2.75, 3.05) is 31.6 Å². The minimum Gasteiger partial charge on any atom is -0.374 e. The van der Waals surface area contributed by atoms with Crippen LogP contribution < -0.4 is 4.90 Å². The largest absolute Gasteiger partial charge is 0.374 e. The number of likely N-dealkylation sites (N-methyl/N-ethyl adjacent to an activating group) is 1. The lowest BCUT2D eigenvalue weighted by Crippen LogP contribution is -2.31. The molecule has 0 radical (unpaired) electrons. The van der Waals surface area contributed by atoms with E-state index >= 15 is 0 Å². The molecular weight excluding hydrogens is 236 g/mol. The molecule has 102 valence electrons. The molecule has 0 unspecified atom stereocenters. The van der Waals surface area contributed by atoms with Crippen molar-refractivity contribution in [2.45, 2.75) is 32.1 Å². The van der Waals surface area contributed by atoms with Crippen molar-refractivity contribution in [1.29, 1.82) is 0 Å². The Morgan fingerprint density at radius 2 is 1.79 bits per heavy atom. The number of amides is 1. The minimum absolute atomic E-state index is 0.222. The summed E-state index contributed by atoms with van der Waals surface area (Å²) in [5.41, 5.74) is 3.48. The smallest absolute Gasteiger partial charge is 0.253 e. The Labute approximate surface area is 115 Å². The number of anilines is 1. The van der Waals surface area contributed by atoms with Gasteiger partial charge in [0, 0.05) is 37.9 Å². The van der Waals surface area contributed by atoms with Gasteiger partial charge >= 0.3 is 0 Å². The van der Waals surface area contributed by atoms with Crippen LogP contribution in [0.15, 0.2) is 18.2 Å². The van der Waals surface area contributed by atoms with E-state index in [1.165, 1.54) is 24.1 Å². The molecule has 3 rings (SSSR count). The third-order valence-corrected chi connectivity index (χ3v) is 4.35. The van der Waals surface area contributed by atoms with E-state index in [2.05, 4.69) is 24.1 Å². The number of rotatable bonds is 1. The Balaban J connectivity index is 1.80. The van der Waals surface area contributed by atoms with Gasteiger partial charge in [-0.1, -0.05) is 12.8 Å². The van der Waals surface area contributed by atoms with Gasteiger partial charge in [0.25, 0.3) is 5.91 Å². The van der Waals surface area contributed by atoms with Gasteiger partial charge in [-0.15, -0.1) is 0 Å². The maximum atomic E-state index is 12.5. The Morgan fingerprint density at radius 1 is 1.05 bits per heavy atom. The highest BCUT2D eigenvalue weighted by molar-refractivity contribution is 5.95. The molecule has 1 amide bonds. The van der Waals surface area contributed by atoms with Gasteiger partial charge in [0.15, 0.2) is 0 Å². The molecule has 1 saturated heterocycles. The fraction of sp³-hybridized carbons (Fsp3) is 0.562. The first-order valence-electron chi connectivity index (χ1n) is 7.39. The monoisotopic (exact) mass is 258 g/mol. The van der Waals surface area contributed by atoms with E-state index < -0.39 is 0 Å². The zero-order chi connectivity index (χ0) is 13.2. The summed E-state index contributed by atoms with van der Waals surface area (Å²) in [5.74, 6) is 0.222. The second-order valence-electron chi connectivity index (χ2n) is 5.72. The maximum absolute atomic E-state index is 12.5. The number of hydrogen-bond donors (Lipinski definition) is 0. The number of hydrogen-bond acceptors (Lipinski definition) is 2. The number of fused-ring (bicyclic) bond motifs is 1. The summed E-state index contributed by atoms with van der Waals surface area (Å²) in [4.78, 5) is 16.8. The van der Waals surface area contributed by atoms with Crippen LogP contribution in [0.5, 0.6) is 0 Å². The SMILES string of the molecule is CN1CCc2cc(C(=O)N3CCCCCC3)ccc21. The van der Waals surface area contributed by atoms with Crippen molar-refractivity contribution in [3.63, 3.8) is 0 Å². The Kier molecular flexibility index (Phi) is 3.45. The van der Waals surface area contributed by atoms with Gasteiger partial charge in [-0.3, -0.25) is 4.79 Å². The highest BCUT2D eigenvalue weighted by atomic mass is 16.2. The van der Waals surface area contributed by atoms with Gasteiger partial charge in [0.05, 0.1) is 0 Å². The van der Waals surface area contributed by atoms with Crippen LogP contribution in [0.25, 0.3) is 0 Å². The molecule has 2 aliphatic rings. The quantitative estimate of drug-likeness (QED) is 0.773. The van der Waals surface area contributed by atoms with Crippen molar-refractivity contribution >= 4 is 11.6 Å². The van der Waals surface area contributed by atoms with Crippen LogP contribution in [0.4, 0.5) is 5.69 Å². The Bertz CT molecular complexity index is 476. The molecule has 3 heteroatoms. The van der Waals surface area contributed by atoms with E-state index in [9.17, 15) is 4.79 Å². The van der Waals surface area contributed by atoms with Crippen molar-refractivity contribution in [1.82, 2.24) is 4.90 Å². The normalized spacial score (nSPS) is 19.2. The van der Waals surface area contributed by atoms with Gasteiger partial charge in [-0.05, 0) is 43.0 Å². The summed E-state index contributed by atoms with van der Waals surface area (Å²) in [6.07, 6.45) is 5.89. The molecule has 0 N–H and O–H groups in total. The summed E-state index contributed by atoms with van der Waals surface area (Å²) in [6, 6.07) is 6.20. The number of benzene rings is 1. The molecule has 2 aliphatic heterocycles. The first kappa shape index (κ1) is 12.5. The molecule has 1 aromatic rings. The predicted octanol–water partition coefficient (Wildman–Crippen LogP) is 2.70. The van der Waals surface area contributed by atoms with Crippen molar-refractivity contribution in [2.24, 2.45) is 0 Å². The molecule has 3 nitrogen and oxygen atoms in total. The van der Waals surface area contributed by atoms with Crippen molar-refractivity contribution < 1.29 is 4.79 Å². The van der Waals surface area contributed by atoms with Gasteiger partial charge in [-0.2, -0.15) is 0 Å². The van der Waals surface area contributed by atoms with Crippen LogP contribution >= 0.6 is 0 Å². The third kappa shape index (κ3) is 2.46. The molecule has 0 atom stereocenters. The molecule has 0 bridgehead atoms. The molecule has 2 heterocycles. The Morgan fingerprint density at radius 3 is 2.53 bits per heavy atom. The first-order chi connectivity index (χ1) is 9.25. The van der Waals surface area contributed by atoms with Crippen LogP contribution in [0.2, 0.25) is 0 Å². The standard InChI is InChI=1S/C16H22N2O/c1-17-11-8-13-12-14(6-7-15(13)17)16(19)18-9-4-2-3-5-10-18/h6-7,12H,2-5,8-11H2,1H3. The van der Waals surface area contributed by atoms with Gasteiger partial charge in [0.2, 0.25) is 0 Å². The van der Waals surface area contributed by atoms with Gasteiger partial charge in [-0.25, -0.2) is 0 Å². The van der Waals surface area contributed by atoms with E-state index in [0.29, 0.717) is 0 Å². The molecule has 0 aromatic heterocycles. The fourth-order valence-corrected chi connectivity index (χ4v) is 3.16. The molecule has 0 spiro atoms. The van der Waals surface area contributed by atoms with Gasteiger partial charge < -0.3 is 9.80 Å². The van der Waals surface area contributed by atoms with E-state index in [1.807, 2.05) is 11.0 Å². The van der Waals surface area contributed by atoms with Crippen LogP contribution in [0, 0.1) is 0 Å². The zero-order valence-corrected chi connectivity index (χ0v) is 11.7. The average molecular weight is 258 g/mol. The van der Waals surface area contributed by atoms with Crippen LogP contribution in [0.3, 0.4) is 0 Å². The van der Waals surface area contributed by atoms with Crippen LogP contribution in [-0.2, 0) is 6.42 Å². The van der Waals surface area contributed by atoms with Crippen LogP contribution in [0.1, 0.15) is 41.6 Å². The first-order valence-corrected chi connectivity index (χ1v) is 7.39. The second kappa shape index (κ2) is 5.24. The topological polar surface area (TPSA) is 23.6 Å². The molecule has 0 aliphatic carbocycles. The maximum Gasteiger partial charge on any atom is 0.253 e. The number of nitrogens with zero attached hydrogens (tertiary/aromatic N) is 2. The number of likely N-dealkylation sites (tertiary alicyclic amines) is 1. The summed E-state index contributed by atoms with van der Waals surface area (Å²) in [6.45, 7) is 2.92. The lowest BCUT2D eigenvalue weighted by atomic mass is 10.1. The number of carbonyl (C=O) groups excluding carboxylic acids is 1. The average Bonchev–Trinajstić information content (AvgIpc) is 2.67. The number of carbonyl (C=O) groups is 1. The molecule has 19 heavy (non-hydrogen) atoms. The Hall–Kier alpha value is -1.51. The van der Waals surface area contributed by atoms with E-state index in [1.54, 1.807) is 0 Å². The minimum atomic E-state index is 0.222.